The third-order valence-electron chi connectivity index (χ3n) is 2.23. The minimum atomic E-state index is 0.0160. The number of piperidine rings is 1. The molecule has 12 heavy (non-hydrogen) atoms. The molecule has 0 aromatic carbocycles. The van der Waals surface area contributed by atoms with E-state index in [9.17, 15) is 0 Å². The Kier molecular flexibility index (Phi) is 3.58. The lowest BCUT2D eigenvalue weighted by Crippen LogP contribution is -2.45. The first-order chi connectivity index (χ1) is 5.77. The second-order valence-corrected chi connectivity index (χ2v) is 3.45. The summed E-state index contributed by atoms with van der Waals surface area (Å²) in [5.74, 6) is 5.75. The van der Waals surface area contributed by atoms with E-state index in [4.69, 9.17) is 4.74 Å². The Balaban J connectivity index is 2.29. The molecule has 1 aliphatic heterocycles. The quantitative estimate of drug-likeness (QED) is 0.623. The van der Waals surface area contributed by atoms with Crippen LogP contribution in [0.2, 0.25) is 0 Å². The summed E-state index contributed by atoms with van der Waals surface area (Å²) in [4.78, 5) is 0. The Morgan fingerprint density at radius 2 is 2.42 bits per heavy atom. The van der Waals surface area contributed by atoms with Gasteiger partial charge in [0.25, 0.3) is 0 Å². The Morgan fingerprint density at radius 3 is 3.00 bits per heavy atom. The van der Waals surface area contributed by atoms with Gasteiger partial charge >= 0.3 is 0 Å². The van der Waals surface area contributed by atoms with Crippen LogP contribution in [0, 0.1) is 11.8 Å². The van der Waals surface area contributed by atoms with Crippen molar-refractivity contribution < 1.29 is 4.74 Å². The second kappa shape index (κ2) is 4.49. The summed E-state index contributed by atoms with van der Waals surface area (Å²) >= 11 is 0. The SMILES string of the molecule is CC#CCOC1(C)CCCNC1. The maximum absolute atomic E-state index is 5.67. The zero-order valence-corrected chi connectivity index (χ0v) is 7.94. The van der Waals surface area contributed by atoms with Crippen LogP contribution in [-0.2, 0) is 4.74 Å². The van der Waals surface area contributed by atoms with Gasteiger partial charge in [-0.2, -0.15) is 0 Å². The number of hydrogen-bond donors (Lipinski definition) is 1. The highest BCUT2D eigenvalue weighted by atomic mass is 16.5. The van der Waals surface area contributed by atoms with Gasteiger partial charge < -0.3 is 10.1 Å². The highest BCUT2D eigenvalue weighted by molar-refractivity contribution is 4.96. The van der Waals surface area contributed by atoms with Crippen LogP contribution in [0.25, 0.3) is 0 Å². The van der Waals surface area contributed by atoms with Crippen LogP contribution in [0.1, 0.15) is 26.7 Å². The molecular formula is C10H17NO. The van der Waals surface area contributed by atoms with Crippen molar-refractivity contribution in [3.8, 4) is 11.8 Å². The second-order valence-electron chi connectivity index (χ2n) is 3.45. The maximum atomic E-state index is 5.67. The van der Waals surface area contributed by atoms with Gasteiger partial charge in [-0.15, -0.1) is 5.92 Å². The van der Waals surface area contributed by atoms with Gasteiger partial charge in [0.05, 0.1) is 5.60 Å². The summed E-state index contributed by atoms with van der Waals surface area (Å²) in [6.07, 6.45) is 2.35. The zero-order valence-electron chi connectivity index (χ0n) is 7.94. The molecule has 1 heterocycles. The van der Waals surface area contributed by atoms with Gasteiger partial charge in [0.1, 0.15) is 6.61 Å². The molecule has 0 radical (unpaired) electrons. The van der Waals surface area contributed by atoms with Crippen molar-refractivity contribution in [2.45, 2.75) is 32.3 Å². The molecule has 1 saturated heterocycles. The molecule has 0 aromatic heterocycles. The molecule has 1 N–H and O–H groups in total. The lowest BCUT2D eigenvalue weighted by Gasteiger charge is -2.33. The van der Waals surface area contributed by atoms with Gasteiger partial charge in [-0.05, 0) is 33.2 Å². The van der Waals surface area contributed by atoms with Crippen LogP contribution in [-0.4, -0.2) is 25.3 Å². The first-order valence-corrected chi connectivity index (χ1v) is 4.51. The molecular weight excluding hydrogens is 150 g/mol. The van der Waals surface area contributed by atoms with E-state index in [-0.39, 0.29) is 5.60 Å². The zero-order chi connectivity index (χ0) is 8.86. The van der Waals surface area contributed by atoms with E-state index in [2.05, 4.69) is 24.1 Å². The first-order valence-electron chi connectivity index (χ1n) is 4.51. The number of nitrogens with one attached hydrogen (secondary N) is 1. The van der Waals surface area contributed by atoms with Gasteiger partial charge in [0.15, 0.2) is 0 Å². The molecule has 2 heteroatoms. The lowest BCUT2D eigenvalue weighted by molar-refractivity contribution is -0.0298. The van der Waals surface area contributed by atoms with Crippen molar-refractivity contribution in [3.63, 3.8) is 0 Å². The van der Waals surface area contributed by atoms with Crippen molar-refractivity contribution in [1.82, 2.24) is 5.32 Å². The topological polar surface area (TPSA) is 21.3 Å². The standard InChI is InChI=1S/C10H17NO/c1-3-4-8-12-10(2)6-5-7-11-9-10/h11H,5-9H2,1-2H3. The molecule has 1 atom stereocenters. The number of rotatable bonds is 2. The van der Waals surface area contributed by atoms with Gasteiger partial charge in [-0.1, -0.05) is 5.92 Å². The summed E-state index contributed by atoms with van der Waals surface area (Å²) < 4.78 is 5.67. The van der Waals surface area contributed by atoms with Crippen molar-refractivity contribution in [2.24, 2.45) is 0 Å². The minimum absolute atomic E-state index is 0.0160. The summed E-state index contributed by atoms with van der Waals surface area (Å²) in [6, 6.07) is 0. The van der Waals surface area contributed by atoms with Crippen molar-refractivity contribution in [2.75, 3.05) is 19.7 Å². The molecule has 0 aliphatic carbocycles. The van der Waals surface area contributed by atoms with E-state index in [0.29, 0.717) is 6.61 Å². The van der Waals surface area contributed by atoms with Crippen LogP contribution >= 0.6 is 0 Å². The van der Waals surface area contributed by atoms with E-state index in [1.807, 2.05) is 6.92 Å². The van der Waals surface area contributed by atoms with Crippen LogP contribution in [0.3, 0.4) is 0 Å². The van der Waals surface area contributed by atoms with Gasteiger partial charge in [0, 0.05) is 6.54 Å². The Labute approximate surface area is 74.7 Å². The lowest BCUT2D eigenvalue weighted by atomic mass is 9.96. The normalized spacial score (nSPS) is 29.2. The largest absolute Gasteiger partial charge is 0.361 e. The van der Waals surface area contributed by atoms with Crippen molar-refractivity contribution >= 4 is 0 Å². The van der Waals surface area contributed by atoms with Gasteiger partial charge in [-0.3, -0.25) is 0 Å². The summed E-state index contributed by atoms with van der Waals surface area (Å²) in [7, 11) is 0. The van der Waals surface area contributed by atoms with Gasteiger partial charge in [-0.25, -0.2) is 0 Å². The summed E-state index contributed by atoms with van der Waals surface area (Å²) in [6.45, 7) is 6.63. The average Bonchev–Trinajstić information content (AvgIpc) is 2.06. The Hall–Kier alpha value is -0.520. The molecule has 1 fully saturated rings. The molecule has 1 unspecified atom stereocenters. The molecule has 0 bridgehead atoms. The van der Waals surface area contributed by atoms with Crippen LogP contribution in [0.4, 0.5) is 0 Å². The average molecular weight is 167 g/mol. The van der Waals surface area contributed by atoms with Crippen LogP contribution in [0.5, 0.6) is 0 Å². The summed E-state index contributed by atoms with van der Waals surface area (Å²) in [5, 5.41) is 3.33. The minimum Gasteiger partial charge on any atom is -0.361 e. The van der Waals surface area contributed by atoms with E-state index in [1.54, 1.807) is 0 Å². The third-order valence-corrected chi connectivity index (χ3v) is 2.23. The molecule has 0 aromatic rings. The molecule has 68 valence electrons. The Bertz CT molecular complexity index is 184. The predicted molar refractivity (Wildman–Crippen MR) is 49.9 cm³/mol. The van der Waals surface area contributed by atoms with E-state index >= 15 is 0 Å². The van der Waals surface area contributed by atoms with E-state index in [0.717, 1.165) is 19.5 Å². The fourth-order valence-electron chi connectivity index (χ4n) is 1.43. The fraction of sp³-hybridized carbons (Fsp3) is 0.800. The molecule has 0 saturated carbocycles. The smallest absolute Gasteiger partial charge is 0.108 e. The van der Waals surface area contributed by atoms with Crippen molar-refractivity contribution in [1.29, 1.82) is 0 Å². The fourth-order valence-corrected chi connectivity index (χ4v) is 1.43. The molecule has 0 amide bonds. The summed E-state index contributed by atoms with van der Waals surface area (Å²) in [5.41, 5.74) is 0.0160. The first kappa shape index (κ1) is 9.57. The highest BCUT2D eigenvalue weighted by Gasteiger charge is 2.26. The molecule has 2 nitrogen and oxygen atoms in total. The van der Waals surface area contributed by atoms with Gasteiger partial charge in [0.2, 0.25) is 0 Å². The number of ether oxygens (including phenoxy) is 1. The predicted octanol–water partition coefficient (Wildman–Crippen LogP) is 1.17. The Morgan fingerprint density at radius 1 is 1.58 bits per heavy atom. The highest BCUT2D eigenvalue weighted by Crippen LogP contribution is 2.19. The maximum Gasteiger partial charge on any atom is 0.108 e. The van der Waals surface area contributed by atoms with Crippen molar-refractivity contribution in [3.05, 3.63) is 0 Å². The van der Waals surface area contributed by atoms with E-state index in [1.165, 1.54) is 6.42 Å². The molecule has 1 rings (SSSR count). The molecule has 0 spiro atoms. The monoisotopic (exact) mass is 167 g/mol. The third kappa shape index (κ3) is 2.84. The van der Waals surface area contributed by atoms with Crippen LogP contribution < -0.4 is 5.32 Å². The number of hydrogen-bond acceptors (Lipinski definition) is 2. The molecule has 1 aliphatic rings. The van der Waals surface area contributed by atoms with Crippen LogP contribution in [0.15, 0.2) is 0 Å². The van der Waals surface area contributed by atoms with E-state index < -0.39 is 0 Å².